The average molecular weight is 349 g/mol. The number of nitrogens with one attached hydrogen (secondary N) is 1. The van der Waals surface area contributed by atoms with E-state index in [0.717, 1.165) is 43.7 Å². The predicted molar refractivity (Wildman–Crippen MR) is 92.0 cm³/mol. The number of hydrogen-bond acceptors (Lipinski definition) is 4. The van der Waals surface area contributed by atoms with E-state index in [1.54, 1.807) is 6.07 Å². The first-order valence-electron chi connectivity index (χ1n) is 7.86. The van der Waals surface area contributed by atoms with Crippen molar-refractivity contribution in [2.24, 2.45) is 5.92 Å². The number of halogens is 2. The topological polar surface area (TPSA) is 58.1 Å². The molecule has 1 aromatic heterocycles. The number of nitrogens with zero attached hydrogens (tertiary/aromatic N) is 3. The maximum atomic E-state index is 13.1. The Bertz CT molecular complexity index is 747. The van der Waals surface area contributed by atoms with Crippen molar-refractivity contribution in [3.8, 4) is 0 Å². The summed E-state index contributed by atoms with van der Waals surface area (Å²) in [5, 5.41) is 2.75. The minimum atomic E-state index is -0.486. The zero-order chi connectivity index (χ0) is 17.1. The second kappa shape index (κ2) is 7.13. The number of amides is 1. The van der Waals surface area contributed by atoms with Crippen molar-refractivity contribution in [3.05, 3.63) is 47.0 Å². The lowest BCUT2D eigenvalue weighted by atomic mass is 9.99. The standard InChI is InChI=1S/C17H18ClFN4O/c1-11-4-6-23(7-5-11)16-9-15(20-10-21-16)22-17(24)13-3-2-12(19)8-14(13)18/h2-3,8-11H,4-7H2,1H3,(H,20,21,22,24). The second-order valence-corrected chi connectivity index (χ2v) is 6.42. The molecule has 0 aliphatic carbocycles. The number of carbonyl (C=O) groups excluding carboxylic acids is 1. The smallest absolute Gasteiger partial charge is 0.258 e. The van der Waals surface area contributed by atoms with Crippen LogP contribution >= 0.6 is 11.6 Å². The molecule has 0 unspecified atom stereocenters. The Labute approximate surface area is 144 Å². The first-order chi connectivity index (χ1) is 11.5. The van der Waals surface area contributed by atoms with Gasteiger partial charge < -0.3 is 10.2 Å². The molecule has 0 spiro atoms. The molecule has 1 aromatic carbocycles. The van der Waals surface area contributed by atoms with E-state index < -0.39 is 11.7 Å². The van der Waals surface area contributed by atoms with Crippen LogP contribution < -0.4 is 10.2 Å². The lowest BCUT2D eigenvalue weighted by molar-refractivity contribution is 0.102. The van der Waals surface area contributed by atoms with Crippen molar-refractivity contribution in [1.82, 2.24) is 9.97 Å². The maximum absolute atomic E-state index is 13.1. The Morgan fingerprint density at radius 3 is 2.75 bits per heavy atom. The highest BCUT2D eigenvalue weighted by Crippen LogP contribution is 2.23. The van der Waals surface area contributed by atoms with Crippen LogP contribution in [0.2, 0.25) is 5.02 Å². The fourth-order valence-corrected chi connectivity index (χ4v) is 2.94. The Balaban J connectivity index is 1.73. The molecule has 2 aromatic rings. The largest absolute Gasteiger partial charge is 0.356 e. The molecule has 5 nitrogen and oxygen atoms in total. The Hall–Kier alpha value is -2.21. The van der Waals surface area contributed by atoms with Crippen LogP contribution in [0, 0.1) is 11.7 Å². The predicted octanol–water partition coefficient (Wildman–Crippen LogP) is 3.76. The summed E-state index contributed by atoms with van der Waals surface area (Å²) < 4.78 is 13.1. The van der Waals surface area contributed by atoms with Gasteiger partial charge in [-0.05, 0) is 37.0 Å². The van der Waals surface area contributed by atoms with Crippen molar-refractivity contribution in [3.63, 3.8) is 0 Å². The summed E-state index contributed by atoms with van der Waals surface area (Å²) in [6.45, 7) is 4.13. The van der Waals surface area contributed by atoms with Crippen LogP contribution in [0.15, 0.2) is 30.6 Å². The van der Waals surface area contributed by atoms with Crippen molar-refractivity contribution in [1.29, 1.82) is 0 Å². The third-order valence-corrected chi connectivity index (χ3v) is 4.49. The molecule has 3 rings (SSSR count). The number of anilines is 2. The Morgan fingerprint density at radius 2 is 2.04 bits per heavy atom. The zero-order valence-electron chi connectivity index (χ0n) is 13.3. The number of carbonyl (C=O) groups is 1. The summed E-state index contributed by atoms with van der Waals surface area (Å²) in [6, 6.07) is 5.39. The van der Waals surface area contributed by atoms with E-state index >= 15 is 0 Å². The van der Waals surface area contributed by atoms with E-state index in [1.807, 2.05) is 0 Å². The van der Waals surface area contributed by atoms with Gasteiger partial charge in [0.2, 0.25) is 0 Å². The quantitative estimate of drug-likeness (QED) is 0.917. The zero-order valence-corrected chi connectivity index (χ0v) is 14.1. The van der Waals surface area contributed by atoms with E-state index in [2.05, 4.69) is 27.1 Å². The number of piperidine rings is 1. The van der Waals surface area contributed by atoms with Gasteiger partial charge in [-0.3, -0.25) is 4.79 Å². The van der Waals surface area contributed by atoms with E-state index in [0.29, 0.717) is 5.82 Å². The molecule has 126 valence electrons. The van der Waals surface area contributed by atoms with Gasteiger partial charge in [0.1, 0.15) is 23.8 Å². The molecule has 1 N–H and O–H groups in total. The van der Waals surface area contributed by atoms with Crippen molar-refractivity contribution >= 4 is 29.1 Å². The summed E-state index contributed by atoms with van der Waals surface area (Å²) in [7, 11) is 0. The van der Waals surface area contributed by atoms with Gasteiger partial charge in [0.25, 0.3) is 5.91 Å². The molecule has 7 heteroatoms. The number of rotatable bonds is 3. The first kappa shape index (κ1) is 16.6. The first-order valence-corrected chi connectivity index (χ1v) is 8.24. The van der Waals surface area contributed by atoms with Crippen LogP contribution in [0.4, 0.5) is 16.0 Å². The maximum Gasteiger partial charge on any atom is 0.258 e. The molecule has 0 atom stereocenters. The van der Waals surface area contributed by atoms with Crippen LogP contribution in [0.5, 0.6) is 0 Å². The lowest BCUT2D eigenvalue weighted by Gasteiger charge is -2.31. The molecule has 0 saturated carbocycles. The van der Waals surface area contributed by atoms with Crippen molar-refractivity contribution in [2.45, 2.75) is 19.8 Å². The summed E-state index contributed by atoms with van der Waals surface area (Å²) >= 11 is 5.92. The minimum Gasteiger partial charge on any atom is -0.356 e. The van der Waals surface area contributed by atoms with Gasteiger partial charge in [-0.15, -0.1) is 0 Å². The van der Waals surface area contributed by atoms with Gasteiger partial charge in [-0.25, -0.2) is 14.4 Å². The summed E-state index contributed by atoms with van der Waals surface area (Å²) in [6.07, 6.45) is 3.67. The summed E-state index contributed by atoms with van der Waals surface area (Å²) in [5.74, 6) is 0.987. The molecule has 0 bridgehead atoms. The molecule has 1 amide bonds. The van der Waals surface area contributed by atoms with Gasteiger partial charge in [-0.2, -0.15) is 0 Å². The minimum absolute atomic E-state index is 0.0618. The van der Waals surface area contributed by atoms with Crippen LogP contribution in [0.25, 0.3) is 0 Å². The van der Waals surface area contributed by atoms with E-state index in [9.17, 15) is 9.18 Å². The van der Waals surface area contributed by atoms with Gasteiger partial charge in [0.15, 0.2) is 0 Å². The number of hydrogen-bond donors (Lipinski definition) is 1. The molecule has 24 heavy (non-hydrogen) atoms. The normalized spacial score (nSPS) is 15.4. The van der Waals surface area contributed by atoms with Gasteiger partial charge in [-0.1, -0.05) is 18.5 Å². The fraction of sp³-hybridized carbons (Fsp3) is 0.353. The molecule has 1 aliphatic heterocycles. The highest BCUT2D eigenvalue weighted by molar-refractivity contribution is 6.34. The van der Waals surface area contributed by atoms with E-state index in [1.165, 1.54) is 18.5 Å². The fourth-order valence-electron chi connectivity index (χ4n) is 2.68. The van der Waals surface area contributed by atoms with Gasteiger partial charge in [0.05, 0.1) is 10.6 Å². The van der Waals surface area contributed by atoms with Gasteiger partial charge >= 0.3 is 0 Å². The third kappa shape index (κ3) is 3.82. The molecule has 1 aliphatic rings. The summed E-state index contributed by atoms with van der Waals surface area (Å²) in [4.78, 5) is 22.8. The van der Waals surface area contributed by atoms with Crippen LogP contribution in [-0.2, 0) is 0 Å². The molecule has 2 heterocycles. The average Bonchev–Trinajstić information content (AvgIpc) is 2.55. The van der Waals surface area contributed by atoms with Crippen molar-refractivity contribution < 1.29 is 9.18 Å². The molecule has 0 radical (unpaired) electrons. The van der Waals surface area contributed by atoms with E-state index in [4.69, 9.17) is 11.6 Å². The Kier molecular flexibility index (Phi) is 4.94. The van der Waals surface area contributed by atoms with Crippen molar-refractivity contribution in [2.75, 3.05) is 23.3 Å². The van der Waals surface area contributed by atoms with Crippen LogP contribution in [-0.4, -0.2) is 29.0 Å². The van der Waals surface area contributed by atoms with Crippen LogP contribution in [0.1, 0.15) is 30.1 Å². The summed E-state index contributed by atoms with van der Waals surface area (Å²) in [5.41, 5.74) is 0.199. The lowest BCUT2D eigenvalue weighted by Crippen LogP contribution is -2.33. The molecular weight excluding hydrogens is 331 g/mol. The van der Waals surface area contributed by atoms with Crippen LogP contribution in [0.3, 0.4) is 0 Å². The molecule has 1 fully saturated rings. The van der Waals surface area contributed by atoms with E-state index in [-0.39, 0.29) is 10.6 Å². The molecular formula is C17H18ClFN4O. The number of aromatic nitrogens is 2. The second-order valence-electron chi connectivity index (χ2n) is 6.01. The highest BCUT2D eigenvalue weighted by atomic mass is 35.5. The third-order valence-electron chi connectivity index (χ3n) is 4.18. The molecule has 1 saturated heterocycles. The monoisotopic (exact) mass is 348 g/mol. The highest BCUT2D eigenvalue weighted by Gasteiger charge is 2.18. The van der Waals surface area contributed by atoms with Gasteiger partial charge in [0, 0.05) is 19.2 Å². The Morgan fingerprint density at radius 1 is 1.29 bits per heavy atom. The number of benzene rings is 1. The SMILES string of the molecule is CC1CCN(c2cc(NC(=O)c3ccc(F)cc3Cl)ncn2)CC1.